The predicted molar refractivity (Wildman–Crippen MR) is 70.1 cm³/mol. The molecule has 1 unspecified atom stereocenters. The number of benzene rings is 1. The van der Waals surface area contributed by atoms with Crippen molar-refractivity contribution in [2.45, 2.75) is 26.4 Å². The van der Waals surface area contributed by atoms with Crippen molar-refractivity contribution < 1.29 is 9.50 Å². The summed E-state index contributed by atoms with van der Waals surface area (Å²) >= 11 is 0. The van der Waals surface area contributed by atoms with Gasteiger partial charge in [-0.25, -0.2) is 4.39 Å². The van der Waals surface area contributed by atoms with E-state index in [9.17, 15) is 9.50 Å². The number of phenols is 1. The number of aromatic hydroxyl groups is 1. The summed E-state index contributed by atoms with van der Waals surface area (Å²) in [4.78, 5) is 4.75. The Balaban J connectivity index is 1.98. The van der Waals surface area contributed by atoms with Gasteiger partial charge in [0.25, 0.3) is 0 Å². The van der Waals surface area contributed by atoms with E-state index in [1.165, 1.54) is 6.07 Å². The summed E-state index contributed by atoms with van der Waals surface area (Å²) in [6.45, 7) is 9.22. The molecular formula is C14H21FN2O. The van der Waals surface area contributed by atoms with E-state index in [-0.39, 0.29) is 11.6 Å². The van der Waals surface area contributed by atoms with Crippen LogP contribution in [0, 0.1) is 5.82 Å². The predicted octanol–water partition coefficient (Wildman–Crippen LogP) is 2.06. The van der Waals surface area contributed by atoms with Gasteiger partial charge in [-0.15, -0.1) is 0 Å². The Kier molecular flexibility index (Phi) is 4.19. The normalized spacial score (nSPS) is 22.3. The van der Waals surface area contributed by atoms with Gasteiger partial charge in [-0.2, -0.15) is 0 Å². The number of halogens is 1. The first kappa shape index (κ1) is 13.3. The van der Waals surface area contributed by atoms with Crippen molar-refractivity contribution in [1.29, 1.82) is 0 Å². The lowest BCUT2D eigenvalue weighted by molar-refractivity contribution is 0.0833. The molecule has 1 fully saturated rings. The van der Waals surface area contributed by atoms with Crippen LogP contribution in [-0.2, 0) is 6.54 Å². The second-order valence-corrected chi connectivity index (χ2v) is 5.03. The number of likely N-dealkylation sites (N-methyl/N-ethyl adjacent to an activating group) is 1. The topological polar surface area (TPSA) is 26.7 Å². The Morgan fingerprint density at radius 1 is 1.33 bits per heavy atom. The van der Waals surface area contributed by atoms with E-state index >= 15 is 0 Å². The summed E-state index contributed by atoms with van der Waals surface area (Å²) < 4.78 is 13.2. The van der Waals surface area contributed by atoms with E-state index in [4.69, 9.17) is 0 Å². The Hall–Kier alpha value is -1.13. The molecule has 1 aliphatic heterocycles. The Morgan fingerprint density at radius 2 is 2.11 bits per heavy atom. The quantitative estimate of drug-likeness (QED) is 0.892. The van der Waals surface area contributed by atoms with Gasteiger partial charge in [0, 0.05) is 38.3 Å². The number of piperazine rings is 1. The molecule has 0 radical (unpaired) electrons. The average Bonchev–Trinajstić information content (AvgIpc) is 2.27. The molecule has 1 N–H and O–H groups in total. The summed E-state index contributed by atoms with van der Waals surface area (Å²) in [5, 5.41) is 9.39. The lowest BCUT2D eigenvalue weighted by atomic mass is 10.1. The number of nitrogens with zero attached hydrogens (tertiary/aromatic N) is 2. The second-order valence-electron chi connectivity index (χ2n) is 5.03. The minimum absolute atomic E-state index is 0.00485. The molecule has 0 spiro atoms. The number of rotatable bonds is 3. The minimum atomic E-state index is -0.370. The first-order valence-corrected chi connectivity index (χ1v) is 6.53. The Morgan fingerprint density at radius 3 is 2.72 bits per heavy atom. The molecular weight excluding hydrogens is 231 g/mol. The molecule has 1 aromatic rings. The van der Waals surface area contributed by atoms with E-state index < -0.39 is 0 Å². The average molecular weight is 252 g/mol. The van der Waals surface area contributed by atoms with Gasteiger partial charge < -0.3 is 5.11 Å². The monoisotopic (exact) mass is 252 g/mol. The fraction of sp³-hybridized carbons (Fsp3) is 0.571. The molecule has 2 rings (SSSR count). The van der Waals surface area contributed by atoms with Gasteiger partial charge in [-0.3, -0.25) is 9.80 Å². The van der Waals surface area contributed by atoms with Crippen molar-refractivity contribution in [2.75, 3.05) is 26.2 Å². The van der Waals surface area contributed by atoms with Crippen molar-refractivity contribution in [3.8, 4) is 5.75 Å². The number of hydrogen-bond donors (Lipinski definition) is 1. The van der Waals surface area contributed by atoms with Crippen LogP contribution in [0.3, 0.4) is 0 Å². The van der Waals surface area contributed by atoms with Gasteiger partial charge in [0.05, 0.1) is 0 Å². The highest BCUT2D eigenvalue weighted by atomic mass is 19.1. The fourth-order valence-electron chi connectivity index (χ4n) is 2.67. The zero-order valence-corrected chi connectivity index (χ0v) is 11.1. The van der Waals surface area contributed by atoms with E-state index in [0.29, 0.717) is 12.6 Å². The smallest absolute Gasteiger partial charge is 0.127 e. The molecule has 0 saturated carbocycles. The molecule has 1 heterocycles. The molecule has 3 nitrogen and oxygen atoms in total. The largest absolute Gasteiger partial charge is 0.508 e. The zero-order valence-electron chi connectivity index (χ0n) is 11.1. The summed E-state index contributed by atoms with van der Waals surface area (Å²) in [5.74, 6) is -0.365. The van der Waals surface area contributed by atoms with Crippen molar-refractivity contribution >= 4 is 0 Å². The second kappa shape index (κ2) is 5.67. The highest BCUT2D eigenvalue weighted by Crippen LogP contribution is 2.18. The lowest BCUT2D eigenvalue weighted by Gasteiger charge is -2.39. The molecule has 1 aliphatic rings. The van der Waals surface area contributed by atoms with Gasteiger partial charge in [0.2, 0.25) is 0 Å². The van der Waals surface area contributed by atoms with Crippen molar-refractivity contribution in [3.05, 3.63) is 29.6 Å². The first-order valence-electron chi connectivity index (χ1n) is 6.53. The van der Waals surface area contributed by atoms with Crippen molar-refractivity contribution in [3.63, 3.8) is 0 Å². The molecule has 1 aromatic carbocycles. The van der Waals surface area contributed by atoms with Crippen LogP contribution >= 0.6 is 0 Å². The zero-order chi connectivity index (χ0) is 13.1. The SMILES string of the molecule is CCN1CCN(Cc2cc(O)cc(F)c2)CC1C. The summed E-state index contributed by atoms with van der Waals surface area (Å²) in [6.07, 6.45) is 0. The molecule has 1 saturated heterocycles. The molecule has 18 heavy (non-hydrogen) atoms. The first-order chi connectivity index (χ1) is 8.58. The van der Waals surface area contributed by atoms with E-state index in [1.54, 1.807) is 6.07 Å². The molecule has 0 aromatic heterocycles. The summed E-state index contributed by atoms with van der Waals surface area (Å²) in [7, 11) is 0. The maximum Gasteiger partial charge on any atom is 0.127 e. The van der Waals surface area contributed by atoms with Crippen LogP contribution in [0.15, 0.2) is 18.2 Å². The molecule has 0 bridgehead atoms. The van der Waals surface area contributed by atoms with Crippen LogP contribution in [0.5, 0.6) is 5.75 Å². The van der Waals surface area contributed by atoms with Crippen LogP contribution in [-0.4, -0.2) is 47.1 Å². The highest BCUT2D eigenvalue weighted by Gasteiger charge is 2.22. The van der Waals surface area contributed by atoms with Gasteiger partial charge >= 0.3 is 0 Å². The van der Waals surface area contributed by atoms with Crippen LogP contribution in [0.2, 0.25) is 0 Å². The third-order valence-electron chi connectivity index (χ3n) is 3.60. The Bertz CT molecular complexity index is 391. The molecule has 4 heteroatoms. The highest BCUT2D eigenvalue weighted by molar-refractivity contribution is 5.28. The van der Waals surface area contributed by atoms with Gasteiger partial charge in [0.15, 0.2) is 0 Å². The maximum atomic E-state index is 13.2. The standard InChI is InChI=1S/C14H21FN2O/c1-3-17-5-4-16(9-11(17)2)10-12-6-13(15)8-14(18)7-12/h6-8,11,18H,3-5,9-10H2,1-2H3. The third kappa shape index (κ3) is 3.21. The molecule has 1 atom stereocenters. The minimum Gasteiger partial charge on any atom is -0.508 e. The molecule has 0 aliphatic carbocycles. The van der Waals surface area contributed by atoms with Crippen molar-refractivity contribution in [2.24, 2.45) is 0 Å². The van der Waals surface area contributed by atoms with E-state index in [2.05, 4.69) is 23.6 Å². The summed E-state index contributed by atoms with van der Waals surface area (Å²) in [5.41, 5.74) is 0.838. The van der Waals surface area contributed by atoms with Gasteiger partial charge in [0.1, 0.15) is 11.6 Å². The van der Waals surface area contributed by atoms with Crippen LogP contribution in [0.1, 0.15) is 19.4 Å². The molecule has 0 amide bonds. The lowest BCUT2D eigenvalue weighted by Crippen LogP contribution is -2.51. The number of hydrogen-bond acceptors (Lipinski definition) is 3. The van der Waals surface area contributed by atoms with Gasteiger partial charge in [-0.05, 0) is 31.2 Å². The van der Waals surface area contributed by atoms with Crippen molar-refractivity contribution in [1.82, 2.24) is 9.80 Å². The van der Waals surface area contributed by atoms with Crippen LogP contribution < -0.4 is 0 Å². The van der Waals surface area contributed by atoms with Gasteiger partial charge in [-0.1, -0.05) is 6.92 Å². The van der Waals surface area contributed by atoms with E-state index in [1.807, 2.05) is 0 Å². The van der Waals surface area contributed by atoms with Crippen LogP contribution in [0.4, 0.5) is 4.39 Å². The summed E-state index contributed by atoms with van der Waals surface area (Å²) in [6, 6.07) is 4.81. The third-order valence-corrected chi connectivity index (χ3v) is 3.60. The van der Waals surface area contributed by atoms with Crippen LogP contribution in [0.25, 0.3) is 0 Å². The Labute approximate surface area is 108 Å². The van der Waals surface area contributed by atoms with E-state index in [0.717, 1.165) is 37.8 Å². The maximum absolute atomic E-state index is 13.2. The fourth-order valence-corrected chi connectivity index (χ4v) is 2.67. The number of phenolic OH excluding ortho intramolecular Hbond substituents is 1. The molecule has 100 valence electrons.